The number of carbonyl (C=O) groups excluding carboxylic acids is 1. The summed E-state index contributed by atoms with van der Waals surface area (Å²) in [7, 11) is 0. The molecule has 0 bridgehead atoms. The molecule has 1 amide bonds. The van der Waals surface area contributed by atoms with Crippen LogP contribution in [0, 0.1) is 6.92 Å². The number of hydrogen-bond donors (Lipinski definition) is 1. The van der Waals surface area contributed by atoms with Gasteiger partial charge in [-0.25, -0.2) is 4.98 Å². The van der Waals surface area contributed by atoms with Crippen molar-refractivity contribution in [1.82, 2.24) is 10.3 Å². The summed E-state index contributed by atoms with van der Waals surface area (Å²) < 4.78 is 0. The molecule has 92 valence electrons. The zero-order chi connectivity index (χ0) is 12.6. The van der Waals surface area contributed by atoms with E-state index in [1.807, 2.05) is 12.4 Å². The summed E-state index contributed by atoms with van der Waals surface area (Å²) in [6.07, 6.45) is 2.86. The van der Waals surface area contributed by atoms with Crippen LogP contribution in [0.1, 0.15) is 24.1 Å². The number of thiazole rings is 1. The molecule has 1 fully saturated rings. The van der Waals surface area contributed by atoms with E-state index >= 15 is 0 Å². The second kappa shape index (κ2) is 4.21. The molecular formula is C14H14N2OS. The number of rotatable bonds is 4. The molecular weight excluding hydrogens is 244 g/mol. The smallest absolute Gasteiger partial charge is 0.207 e. The Morgan fingerprint density at radius 3 is 2.56 bits per heavy atom. The Morgan fingerprint density at radius 2 is 2.06 bits per heavy atom. The Balaban J connectivity index is 1.90. The maximum absolute atomic E-state index is 10.6. The SMILES string of the molecule is Cc1ncsc1-c1ccc(C2(NC=O)CC2)cc1. The zero-order valence-electron chi connectivity index (χ0n) is 10.1. The van der Waals surface area contributed by atoms with Gasteiger partial charge in [0.15, 0.2) is 0 Å². The van der Waals surface area contributed by atoms with Crippen LogP contribution in [-0.4, -0.2) is 11.4 Å². The Kier molecular flexibility index (Phi) is 2.67. The minimum Gasteiger partial charge on any atom is -0.349 e. The van der Waals surface area contributed by atoms with Crippen LogP contribution in [0.4, 0.5) is 0 Å². The van der Waals surface area contributed by atoms with Gasteiger partial charge in [-0.1, -0.05) is 24.3 Å². The van der Waals surface area contributed by atoms with Crippen molar-refractivity contribution < 1.29 is 4.79 Å². The van der Waals surface area contributed by atoms with Crippen molar-refractivity contribution in [2.75, 3.05) is 0 Å². The fourth-order valence-corrected chi connectivity index (χ4v) is 3.09. The van der Waals surface area contributed by atoms with Gasteiger partial charge in [0.1, 0.15) is 0 Å². The standard InChI is InChI=1S/C14H14N2OS/c1-10-13(18-9-15-10)11-2-4-12(5-3-11)14(6-7-14)16-8-17/h2-5,8-9H,6-7H2,1H3,(H,16,17). The normalized spacial score (nSPS) is 16.3. The van der Waals surface area contributed by atoms with Gasteiger partial charge in [0.2, 0.25) is 6.41 Å². The van der Waals surface area contributed by atoms with Gasteiger partial charge in [-0.2, -0.15) is 0 Å². The molecule has 0 spiro atoms. The van der Waals surface area contributed by atoms with Crippen LogP contribution in [0.25, 0.3) is 10.4 Å². The number of amides is 1. The van der Waals surface area contributed by atoms with Crippen LogP contribution < -0.4 is 5.32 Å². The molecule has 1 aliphatic carbocycles. The molecule has 0 radical (unpaired) electrons. The largest absolute Gasteiger partial charge is 0.349 e. The summed E-state index contributed by atoms with van der Waals surface area (Å²) in [6.45, 7) is 2.02. The second-order valence-electron chi connectivity index (χ2n) is 4.69. The van der Waals surface area contributed by atoms with Crippen molar-refractivity contribution in [3.8, 4) is 10.4 Å². The van der Waals surface area contributed by atoms with Crippen LogP contribution in [0.2, 0.25) is 0 Å². The van der Waals surface area contributed by atoms with Gasteiger partial charge >= 0.3 is 0 Å². The summed E-state index contributed by atoms with van der Waals surface area (Å²) in [6, 6.07) is 8.45. The lowest BCUT2D eigenvalue weighted by atomic mass is 10.0. The predicted molar refractivity (Wildman–Crippen MR) is 72.4 cm³/mol. The minimum absolute atomic E-state index is 0.0942. The average Bonchev–Trinajstić information content (AvgIpc) is 3.05. The topological polar surface area (TPSA) is 42.0 Å². The van der Waals surface area contributed by atoms with Gasteiger partial charge in [0, 0.05) is 0 Å². The number of benzene rings is 1. The van der Waals surface area contributed by atoms with E-state index in [2.05, 4.69) is 34.6 Å². The number of aromatic nitrogens is 1. The van der Waals surface area contributed by atoms with Gasteiger partial charge in [0.25, 0.3) is 0 Å². The van der Waals surface area contributed by atoms with Gasteiger partial charge in [0.05, 0.1) is 21.6 Å². The van der Waals surface area contributed by atoms with E-state index in [1.165, 1.54) is 16.0 Å². The Hall–Kier alpha value is -1.68. The average molecular weight is 258 g/mol. The molecule has 1 N–H and O–H groups in total. The molecule has 1 aliphatic rings. The van der Waals surface area contributed by atoms with E-state index in [0.717, 1.165) is 24.9 Å². The highest BCUT2D eigenvalue weighted by Gasteiger charge is 2.43. The molecule has 1 saturated carbocycles. The van der Waals surface area contributed by atoms with Crippen LogP contribution in [0.15, 0.2) is 29.8 Å². The molecule has 0 unspecified atom stereocenters. The Bertz CT molecular complexity index is 570. The predicted octanol–water partition coefficient (Wildman–Crippen LogP) is 2.85. The lowest BCUT2D eigenvalue weighted by Crippen LogP contribution is -2.27. The number of carbonyl (C=O) groups is 1. The number of hydrogen-bond acceptors (Lipinski definition) is 3. The molecule has 3 rings (SSSR count). The summed E-state index contributed by atoms with van der Waals surface area (Å²) in [5, 5.41) is 2.92. The highest BCUT2D eigenvalue weighted by molar-refractivity contribution is 7.13. The highest BCUT2D eigenvalue weighted by atomic mass is 32.1. The fourth-order valence-electron chi connectivity index (χ4n) is 2.27. The van der Waals surface area contributed by atoms with E-state index in [4.69, 9.17) is 0 Å². The molecule has 0 saturated heterocycles. The molecule has 18 heavy (non-hydrogen) atoms. The van der Waals surface area contributed by atoms with E-state index in [0.29, 0.717) is 0 Å². The van der Waals surface area contributed by atoms with Gasteiger partial charge in [-0.05, 0) is 30.9 Å². The van der Waals surface area contributed by atoms with Crippen molar-refractivity contribution in [2.45, 2.75) is 25.3 Å². The van der Waals surface area contributed by atoms with E-state index in [1.54, 1.807) is 11.3 Å². The lowest BCUT2D eigenvalue weighted by Gasteiger charge is -2.14. The van der Waals surface area contributed by atoms with Gasteiger partial charge in [-0.3, -0.25) is 4.79 Å². The van der Waals surface area contributed by atoms with Crippen molar-refractivity contribution in [2.24, 2.45) is 0 Å². The first-order valence-corrected chi connectivity index (χ1v) is 6.85. The number of aryl methyl sites for hydroxylation is 1. The Labute approximate surface area is 110 Å². The van der Waals surface area contributed by atoms with Crippen LogP contribution >= 0.6 is 11.3 Å². The van der Waals surface area contributed by atoms with Gasteiger partial charge < -0.3 is 5.32 Å². The van der Waals surface area contributed by atoms with Crippen molar-refractivity contribution in [3.05, 3.63) is 41.0 Å². The molecule has 3 nitrogen and oxygen atoms in total. The van der Waals surface area contributed by atoms with Crippen LogP contribution in [0.3, 0.4) is 0 Å². The molecule has 2 aromatic rings. The third-order valence-corrected chi connectivity index (χ3v) is 4.51. The quantitative estimate of drug-likeness (QED) is 0.857. The minimum atomic E-state index is -0.0942. The summed E-state index contributed by atoms with van der Waals surface area (Å²) >= 11 is 1.66. The second-order valence-corrected chi connectivity index (χ2v) is 5.54. The summed E-state index contributed by atoms with van der Waals surface area (Å²) in [5.74, 6) is 0. The van der Waals surface area contributed by atoms with Crippen molar-refractivity contribution in [1.29, 1.82) is 0 Å². The van der Waals surface area contributed by atoms with E-state index in [9.17, 15) is 4.79 Å². The number of nitrogens with zero attached hydrogens (tertiary/aromatic N) is 1. The summed E-state index contributed by atoms with van der Waals surface area (Å²) in [5.41, 5.74) is 5.24. The van der Waals surface area contributed by atoms with E-state index < -0.39 is 0 Å². The van der Waals surface area contributed by atoms with E-state index in [-0.39, 0.29) is 5.54 Å². The number of nitrogens with one attached hydrogen (secondary N) is 1. The fraction of sp³-hybridized carbons (Fsp3) is 0.286. The maximum atomic E-state index is 10.6. The van der Waals surface area contributed by atoms with Crippen molar-refractivity contribution >= 4 is 17.7 Å². The first-order valence-electron chi connectivity index (χ1n) is 5.97. The van der Waals surface area contributed by atoms with Crippen LogP contribution in [-0.2, 0) is 10.3 Å². The highest BCUT2D eigenvalue weighted by Crippen LogP contribution is 2.45. The lowest BCUT2D eigenvalue weighted by molar-refractivity contribution is -0.110. The third-order valence-electron chi connectivity index (χ3n) is 3.53. The monoisotopic (exact) mass is 258 g/mol. The first kappa shape index (κ1) is 11.4. The maximum Gasteiger partial charge on any atom is 0.207 e. The molecule has 1 aromatic carbocycles. The summed E-state index contributed by atoms with van der Waals surface area (Å²) in [4.78, 5) is 16.1. The molecule has 0 aliphatic heterocycles. The molecule has 1 heterocycles. The first-order chi connectivity index (χ1) is 8.75. The molecule has 4 heteroatoms. The molecule has 0 atom stereocenters. The van der Waals surface area contributed by atoms with Gasteiger partial charge in [-0.15, -0.1) is 11.3 Å². The van der Waals surface area contributed by atoms with Crippen LogP contribution in [0.5, 0.6) is 0 Å². The van der Waals surface area contributed by atoms with Crippen molar-refractivity contribution in [3.63, 3.8) is 0 Å². The third kappa shape index (κ3) is 1.82. The Morgan fingerprint density at radius 1 is 1.33 bits per heavy atom. The zero-order valence-corrected chi connectivity index (χ0v) is 11.0. The molecule has 1 aromatic heterocycles.